The minimum Gasteiger partial charge on any atom is -0.507 e. The van der Waals surface area contributed by atoms with Gasteiger partial charge in [0.2, 0.25) is 5.88 Å². The van der Waals surface area contributed by atoms with Crippen LogP contribution < -0.4 is 4.74 Å². The SMILES string of the molecule is CCOC(=O)c1cnn(-c2cccc(-c3ccccc3O)n2)c1OCC. The molecule has 7 nitrogen and oxygen atoms in total. The number of carbonyl (C=O) groups is 1. The largest absolute Gasteiger partial charge is 0.507 e. The number of aromatic hydroxyl groups is 1. The number of benzene rings is 1. The smallest absolute Gasteiger partial charge is 0.345 e. The van der Waals surface area contributed by atoms with E-state index in [9.17, 15) is 9.90 Å². The highest BCUT2D eigenvalue weighted by Crippen LogP contribution is 2.29. The maximum Gasteiger partial charge on any atom is 0.345 e. The number of esters is 1. The van der Waals surface area contributed by atoms with Crippen molar-refractivity contribution in [3.8, 4) is 28.7 Å². The van der Waals surface area contributed by atoms with Crippen LogP contribution in [0.2, 0.25) is 0 Å². The van der Waals surface area contributed by atoms with Crippen LogP contribution in [0.25, 0.3) is 17.1 Å². The van der Waals surface area contributed by atoms with Crippen molar-refractivity contribution in [1.82, 2.24) is 14.8 Å². The van der Waals surface area contributed by atoms with Crippen molar-refractivity contribution in [3.05, 3.63) is 54.2 Å². The van der Waals surface area contributed by atoms with Crippen molar-refractivity contribution in [2.24, 2.45) is 0 Å². The summed E-state index contributed by atoms with van der Waals surface area (Å²) < 4.78 is 12.1. The molecule has 0 bridgehead atoms. The maximum atomic E-state index is 12.1. The predicted octanol–water partition coefficient (Wildman–Crippen LogP) is 3.22. The lowest BCUT2D eigenvalue weighted by Crippen LogP contribution is -2.09. The zero-order valence-corrected chi connectivity index (χ0v) is 14.5. The molecule has 1 aromatic carbocycles. The number of ether oxygens (including phenoxy) is 2. The number of pyridine rings is 1. The first kappa shape index (κ1) is 17.5. The molecule has 0 saturated carbocycles. The van der Waals surface area contributed by atoms with Gasteiger partial charge in [0.1, 0.15) is 11.3 Å². The zero-order chi connectivity index (χ0) is 18.5. The van der Waals surface area contributed by atoms with Crippen LogP contribution in [0.15, 0.2) is 48.7 Å². The molecule has 0 atom stereocenters. The van der Waals surface area contributed by atoms with Gasteiger partial charge < -0.3 is 14.6 Å². The van der Waals surface area contributed by atoms with Crippen molar-refractivity contribution >= 4 is 5.97 Å². The fourth-order valence-electron chi connectivity index (χ4n) is 2.51. The van der Waals surface area contributed by atoms with E-state index in [4.69, 9.17) is 9.47 Å². The summed E-state index contributed by atoms with van der Waals surface area (Å²) in [5.41, 5.74) is 1.42. The summed E-state index contributed by atoms with van der Waals surface area (Å²) in [6, 6.07) is 12.3. The van der Waals surface area contributed by atoms with E-state index in [0.717, 1.165) is 0 Å². The highest BCUT2D eigenvalue weighted by atomic mass is 16.5. The Balaban J connectivity index is 2.06. The monoisotopic (exact) mass is 353 g/mol. The minimum atomic E-state index is -0.501. The molecule has 0 spiro atoms. The van der Waals surface area contributed by atoms with E-state index in [1.54, 1.807) is 43.3 Å². The molecule has 0 unspecified atom stereocenters. The van der Waals surface area contributed by atoms with Crippen LogP contribution in [0.1, 0.15) is 24.2 Å². The van der Waals surface area contributed by atoms with Crippen LogP contribution in [-0.4, -0.2) is 39.1 Å². The number of phenolic OH excluding ortho intramolecular Hbond substituents is 1. The normalized spacial score (nSPS) is 10.5. The summed E-state index contributed by atoms with van der Waals surface area (Å²) >= 11 is 0. The van der Waals surface area contributed by atoms with Gasteiger partial charge in [0, 0.05) is 5.56 Å². The molecule has 0 radical (unpaired) electrons. The lowest BCUT2D eigenvalue weighted by atomic mass is 10.1. The van der Waals surface area contributed by atoms with Gasteiger partial charge in [-0.2, -0.15) is 9.78 Å². The number of hydrogen-bond acceptors (Lipinski definition) is 6. The summed E-state index contributed by atoms with van der Waals surface area (Å²) in [5, 5.41) is 14.3. The Morgan fingerprint density at radius 3 is 2.65 bits per heavy atom. The molecule has 26 heavy (non-hydrogen) atoms. The van der Waals surface area contributed by atoms with Crippen LogP contribution >= 0.6 is 0 Å². The molecule has 3 aromatic rings. The van der Waals surface area contributed by atoms with Crippen LogP contribution in [0, 0.1) is 0 Å². The first-order chi connectivity index (χ1) is 12.7. The third-order valence-corrected chi connectivity index (χ3v) is 3.63. The van der Waals surface area contributed by atoms with E-state index in [0.29, 0.717) is 23.7 Å². The topological polar surface area (TPSA) is 86.5 Å². The molecule has 0 aliphatic heterocycles. The third-order valence-electron chi connectivity index (χ3n) is 3.63. The first-order valence-corrected chi connectivity index (χ1v) is 8.29. The number of nitrogens with zero attached hydrogens (tertiary/aromatic N) is 3. The fourth-order valence-corrected chi connectivity index (χ4v) is 2.51. The summed E-state index contributed by atoms with van der Waals surface area (Å²) in [6.07, 6.45) is 1.40. The van der Waals surface area contributed by atoms with E-state index < -0.39 is 5.97 Å². The number of hydrogen-bond donors (Lipinski definition) is 1. The molecule has 0 saturated heterocycles. The number of carbonyl (C=O) groups excluding carboxylic acids is 1. The van der Waals surface area contributed by atoms with Gasteiger partial charge in [-0.25, -0.2) is 9.78 Å². The molecule has 2 aromatic heterocycles. The van der Waals surface area contributed by atoms with E-state index in [1.807, 2.05) is 13.0 Å². The lowest BCUT2D eigenvalue weighted by Gasteiger charge is -2.10. The Hall–Kier alpha value is -3.35. The standard InChI is InChI=1S/C19H19N3O4/c1-3-25-18-14(19(24)26-4-2)12-20-22(18)17-11-7-9-15(21-17)13-8-5-6-10-16(13)23/h5-12,23H,3-4H2,1-2H3. The van der Waals surface area contributed by atoms with Crippen molar-refractivity contribution in [3.63, 3.8) is 0 Å². The van der Waals surface area contributed by atoms with Gasteiger partial charge in [-0.3, -0.25) is 0 Å². The van der Waals surface area contributed by atoms with E-state index in [1.165, 1.54) is 10.9 Å². The number of para-hydroxylation sites is 1. The second-order valence-corrected chi connectivity index (χ2v) is 5.33. The van der Waals surface area contributed by atoms with E-state index in [-0.39, 0.29) is 23.8 Å². The van der Waals surface area contributed by atoms with Crippen molar-refractivity contribution in [2.75, 3.05) is 13.2 Å². The van der Waals surface area contributed by atoms with E-state index >= 15 is 0 Å². The highest BCUT2D eigenvalue weighted by molar-refractivity contribution is 5.91. The summed E-state index contributed by atoms with van der Waals surface area (Å²) in [4.78, 5) is 16.7. The van der Waals surface area contributed by atoms with Gasteiger partial charge in [-0.05, 0) is 38.1 Å². The fraction of sp³-hybridized carbons (Fsp3) is 0.211. The second kappa shape index (κ2) is 7.69. The number of phenols is 1. The Kier molecular flexibility index (Phi) is 5.17. The Labute approximate surface area is 150 Å². The molecular weight excluding hydrogens is 334 g/mol. The van der Waals surface area contributed by atoms with Crippen LogP contribution in [0.4, 0.5) is 0 Å². The van der Waals surface area contributed by atoms with Crippen LogP contribution in [-0.2, 0) is 4.74 Å². The highest BCUT2D eigenvalue weighted by Gasteiger charge is 2.21. The zero-order valence-electron chi connectivity index (χ0n) is 14.5. The number of rotatable bonds is 6. The van der Waals surface area contributed by atoms with Crippen molar-refractivity contribution in [2.45, 2.75) is 13.8 Å². The second-order valence-electron chi connectivity index (χ2n) is 5.33. The molecule has 7 heteroatoms. The molecule has 0 aliphatic rings. The third kappa shape index (κ3) is 3.37. The van der Waals surface area contributed by atoms with Crippen LogP contribution in [0.3, 0.4) is 0 Å². The Bertz CT molecular complexity index is 921. The number of aromatic nitrogens is 3. The molecule has 0 aliphatic carbocycles. The van der Waals surface area contributed by atoms with Gasteiger partial charge in [0.15, 0.2) is 5.82 Å². The first-order valence-electron chi connectivity index (χ1n) is 8.29. The average Bonchev–Trinajstić information content (AvgIpc) is 3.07. The maximum absolute atomic E-state index is 12.1. The summed E-state index contributed by atoms with van der Waals surface area (Å²) in [7, 11) is 0. The van der Waals surface area contributed by atoms with Crippen molar-refractivity contribution in [1.29, 1.82) is 0 Å². The van der Waals surface area contributed by atoms with Crippen LogP contribution in [0.5, 0.6) is 11.6 Å². The minimum absolute atomic E-state index is 0.134. The molecule has 2 heterocycles. The average molecular weight is 353 g/mol. The quantitative estimate of drug-likeness (QED) is 0.685. The molecule has 1 N–H and O–H groups in total. The van der Waals surface area contributed by atoms with Gasteiger partial charge in [0.05, 0.1) is 25.1 Å². The molecule has 0 fully saturated rings. The van der Waals surface area contributed by atoms with E-state index in [2.05, 4.69) is 10.1 Å². The molecule has 0 amide bonds. The van der Waals surface area contributed by atoms with Gasteiger partial charge >= 0.3 is 5.97 Å². The Morgan fingerprint density at radius 2 is 1.92 bits per heavy atom. The molecule has 3 rings (SSSR count). The molecular formula is C19H19N3O4. The lowest BCUT2D eigenvalue weighted by molar-refractivity contribution is 0.0521. The predicted molar refractivity (Wildman–Crippen MR) is 95.6 cm³/mol. The van der Waals surface area contributed by atoms with Gasteiger partial charge in [0.25, 0.3) is 0 Å². The summed E-state index contributed by atoms with van der Waals surface area (Å²) in [6.45, 7) is 4.17. The van der Waals surface area contributed by atoms with Gasteiger partial charge in [-0.1, -0.05) is 18.2 Å². The summed E-state index contributed by atoms with van der Waals surface area (Å²) in [5.74, 6) is 0.367. The van der Waals surface area contributed by atoms with Gasteiger partial charge in [-0.15, -0.1) is 0 Å². The van der Waals surface area contributed by atoms with Crippen molar-refractivity contribution < 1.29 is 19.4 Å². The Morgan fingerprint density at radius 1 is 1.12 bits per heavy atom. The molecule has 134 valence electrons.